The van der Waals surface area contributed by atoms with Gasteiger partial charge in [-0.05, 0) is 47.0 Å². The zero-order valence-electron chi connectivity index (χ0n) is 16.0. The van der Waals surface area contributed by atoms with Crippen LogP contribution in [0.2, 0.25) is 5.15 Å². The lowest BCUT2D eigenvalue weighted by atomic mass is 9.99. The summed E-state index contributed by atoms with van der Waals surface area (Å²) in [6, 6.07) is 16.2. The fourth-order valence-corrected chi connectivity index (χ4v) is 4.02. The van der Waals surface area contributed by atoms with Gasteiger partial charge in [0, 0.05) is 11.1 Å². The molecule has 0 aliphatic heterocycles. The molecule has 0 aliphatic rings. The number of anilines is 1. The van der Waals surface area contributed by atoms with Crippen molar-refractivity contribution in [2.45, 2.75) is 26.3 Å². The molecule has 0 saturated heterocycles. The summed E-state index contributed by atoms with van der Waals surface area (Å²) in [4.78, 5) is 17.5. The van der Waals surface area contributed by atoms with Gasteiger partial charge in [-0.3, -0.25) is 10.1 Å². The van der Waals surface area contributed by atoms with E-state index < -0.39 is 0 Å². The van der Waals surface area contributed by atoms with Gasteiger partial charge in [-0.25, -0.2) is 4.98 Å². The number of amides is 1. The van der Waals surface area contributed by atoms with Crippen molar-refractivity contribution >= 4 is 34.5 Å². The molecule has 2 heterocycles. The SMILES string of the molecule is CC(C)Cc1ccc([C@H](NCC(=O)Nc2cccnc2Cl)c2cccs2)cc1. The third kappa shape index (κ3) is 5.64. The smallest absolute Gasteiger partial charge is 0.238 e. The van der Waals surface area contributed by atoms with Crippen molar-refractivity contribution in [1.82, 2.24) is 10.3 Å². The Balaban J connectivity index is 1.69. The minimum atomic E-state index is -0.159. The van der Waals surface area contributed by atoms with E-state index in [2.05, 4.69) is 59.8 Å². The molecule has 3 aromatic rings. The van der Waals surface area contributed by atoms with Crippen molar-refractivity contribution in [1.29, 1.82) is 0 Å². The van der Waals surface area contributed by atoms with Crippen LogP contribution in [0.4, 0.5) is 5.69 Å². The summed E-state index contributed by atoms with van der Waals surface area (Å²) in [5.74, 6) is 0.466. The van der Waals surface area contributed by atoms with Crippen molar-refractivity contribution in [3.63, 3.8) is 0 Å². The topological polar surface area (TPSA) is 54.0 Å². The van der Waals surface area contributed by atoms with E-state index in [0.717, 1.165) is 12.0 Å². The van der Waals surface area contributed by atoms with Crippen molar-refractivity contribution in [3.05, 3.63) is 81.3 Å². The molecule has 6 heteroatoms. The lowest BCUT2D eigenvalue weighted by Gasteiger charge is -2.19. The summed E-state index contributed by atoms with van der Waals surface area (Å²) in [5.41, 5.74) is 2.98. The number of halogens is 1. The molecular weight excluding hydrogens is 390 g/mol. The Morgan fingerprint density at radius 3 is 2.57 bits per heavy atom. The van der Waals surface area contributed by atoms with Crippen LogP contribution >= 0.6 is 22.9 Å². The Kier molecular flexibility index (Phi) is 7.20. The van der Waals surface area contributed by atoms with Gasteiger partial charge in [-0.15, -0.1) is 11.3 Å². The predicted molar refractivity (Wildman–Crippen MR) is 117 cm³/mol. The van der Waals surface area contributed by atoms with Crippen LogP contribution in [-0.2, 0) is 11.2 Å². The van der Waals surface area contributed by atoms with E-state index >= 15 is 0 Å². The molecular formula is C22H24ClN3OS. The number of aromatic nitrogens is 1. The molecule has 1 amide bonds. The monoisotopic (exact) mass is 413 g/mol. The molecule has 0 fully saturated rings. The average molecular weight is 414 g/mol. The largest absolute Gasteiger partial charge is 0.322 e. The fourth-order valence-electron chi connectivity index (χ4n) is 3.02. The number of benzene rings is 1. The Bertz CT molecular complexity index is 894. The van der Waals surface area contributed by atoms with Gasteiger partial charge in [0.15, 0.2) is 5.15 Å². The summed E-state index contributed by atoms with van der Waals surface area (Å²) in [6.07, 6.45) is 2.65. The number of rotatable bonds is 8. The maximum atomic E-state index is 12.4. The molecule has 4 nitrogen and oxygen atoms in total. The second-order valence-electron chi connectivity index (χ2n) is 7.06. The molecule has 2 N–H and O–H groups in total. The molecule has 146 valence electrons. The van der Waals surface area contributed by atoms with E-state index in [1.165, 1.54) is 10.4 Å². The third-order valence-electron chi connectivity index (χ3n) is 4.28. The standard InChI is InChI=1S/C22H24ClN3OS/c1-15(2)13-16-7-9-17(10-8-16)21(19-6-4-12-28-19)25-14-20(27)26-18-5-3-11-24-22(18)23/h3-12,15,21,25H,13-14H2,1-2H3,(H,26,27)/t21-/m0/s1. The zero-order valence-corrected chi connectivity index (χ0v) is 17.6. The Morgan fingerprint density at radius 1 is 1.14 bits per heavy atom. The van der Waals surface area contributed by atoms with Crippen molar-refractivity contribution in [3.8, 4) is 0 Å². The van der Waals surface area contributed by atoms with E-state index in [9.17, 15) is 4.79 Å². The number of carbonyl (C=O) groups excluding carboxylic acids is 1. The number of thiophene rings is 1. The van der Waals surface area contributed by atoms with Crippen LogP contribution in [0.5, 0.6) is 0 Å². The van der Waals surface area contributed by atoms with Crippen molar-refractivity contribution in [2.75, 3.05) is 11.9 Å². The summed E-state index contributed by atoms with van der Waals surface area (Å²) in [5, 5.41) is 8.51. The van der Waals surface area contributed by atoms with E-state index in [0.29, 0.717) is 11.6 Å². The first-order valence-corrected chi connectivity index (χ1v) is 10.5. The van der Waals surface area contributed by atoms with Gasteiger partial charge in [0.05, 0.1) is 18.3 Å². The Labute approximate surface area is 175 Å². The average Bonchev–Trinajstić information content (AvgIpc) is 3.19. The fraction of sp³-hybridized carbons (Fsp3) is 0.273. The van der Waals surface area contributed by atoms with Crippen molar-refractivity contribution in [2.24, 2.45) is 5.92 Å². The minimum absolute atomic E-state index is 0.0387. The molecule has 2 aromatic heterocycles. The number of nitrogens with one attached hydrogen (secondary N) is 2. The van der Waals surface area contributed by atoms with Crippen molar-refractivity contribution < 1.29 is 4.79 Å². The number of hydrogen-bond acceptors (Lipinski definition) is 4. The van der Waals surface area contributed by atoms with Crippen LogP contribution < -0.4 is 10.6 Å². The zero-order chi connectivity index (χ0) is 19.9. The molecule has 1 atom stereocenters. The van der Waals surface area contributed by atoms with E-state index in [1.54, 1.807) is 29.7 Å². The third-order valence-corrected chi connectivity index (χ3v) is 5.52. The first-order valence-electron chi connectivity index (χ1n) is 9.29. The highest BCUT2D eigenvalue weighted by molar-refractivity contribution is 7.10. The second kappa shape index (κ2) is 9.82. The van der Waals surface area contributed by atoms with Gasteiger partial charge in [-0.2, -0.15) is 0 Å². The molecule has 0 spiro atoms. The number of carbonyl (C=O) groups is 1. The highest BCUT2D eigenvalue weighted by Gasteiger charge is 2.17. The van der Waals surface area contributed by atoms with Gasteiger partial charge < -0.3 is 5.32 Å². The molecule has 0 saturated carbocycles. The highest BCUT2D eigenvalue weighted by atomic mass is 35.5. The molecule has 0 radical (unpaired) electrons. The van der Waals surface area contributed by atoms with Crippen LogP contribution in [0.25, 0.3) is 0 Å². The normalized spacial score (nSPS) is 12.1. The summed E-state index contributed by atoms with van der Waals surface area (Å²) >= 11 is 7.69. The molecule has 0 aliphatic carbocycles. The number of nitrogens with zero attached hydrogens (tertiary/aromatic N) is 1. The lowest BCUT2D eigenvalue weighted by molar-refractivity contribution is -0.115. The summed E-state index contributed by atoms with van der Waals surface area (Å²) in [7, 11) is 0. The number of pyridine rings is 1. The van der Waals surface area contributed by atoms with E-state index in [-0.39, 0.29) is 23.6 Å². The van der Waals surface area contributed by atoms with Gasteiger partial charge in [0.25, 0.3) is 0 Å². The molecule has 28 heavy (non-hydrogen) atoms. The first-order chi connectivity index (χ1) is 13.5. The molecule has 0 unspecified atom stereocenters. The maximum Gasteiger partial charge on any atom is 0.238 e. The lowest BCUT2D eigenvalue weighted by Crippen LogP contribution is -2.31. The van der Waals surface area contributed by atoms with E-state index in [1.807, 2.05) is 11.4 Å². The van der Waals surface area contributed by atoms with Crippen LogP contribution in [-0.4, -0.2) is 17.4 Å². The van der Waals surface area contributed by atoms with Crippen LogP contribution in [0.1, 0.15) is 35.9 Å². The Hall–Kier alpha value is -2.21. The second-order valence-corrected chi connectivity index (χ2v) is 8.40. The highest BCUT2D eigenvalue weighted by Crippen LogP contribution is 2.26. The summed E-state index contributed by atoms with van der Waals surface area (Å²) in [6.45, 7) is 4.61. The first kappa shape index (κ1) is 20.5. The van der Waals surface area contributed by atoms with E-state index in [4.69, 9.17) is 11.6 Å². The maximum absolute atomic E-state index is 12.4. The van der Waals surface area contributed by atoms with Crippen LogP contribution in [0.3, 0.4) is 0 Å². The number of hydrogen-bond donors (Lipinski definition) is 2. The molecule has 0 bridgehead atoms. The van der Waals surface area contributed by atoms with Gasteiger partial charge >= 0.3 is 0 Å². The Morgan fingerprint density at radius 2 is 1.93 bits per heavy atom. The minimum Gasteiger partial charge on any atom is -0.322 e. The van der Waals surface area contributed by atoms with Crippen LogP contribution in [0.15, 0.2) is 60.1 Å². The predicted octanol–water partition coefficient (Wildman–Crippen LogP) is 5.31. The molecule has 1 aromatic carbocycles. The van der Waals surface area contributed by atoms with Crippen LogP contribution in [0, 0.1) is 5.92 Å². The van der Waals surface area contributed by atoms with Gasteiger partial charge in [0.1, 0.15) is 0 Å². The van der Waals surface area contributed by atoms with Gasteiger partial charge in [0.2, 0.25) is 5.91 Å². The van der Waals surface area contributed by atoms with Gasteiger partial charge in [-0.1, -0.05) is 55.8 Å². The quantitative estimate of drug-likeness (QED) is 0.492. The summed E-state index contributed by atoms with van der Waals surface area (Å²) < 4.78 is 0. The molecule has 3 rings (SSSR count).